The smallest absolute Gasteiger partial charge is 0.140 e. The van der Waals surface area contributed by atoms with Gasteiger partial charge in [0.1, 0.15) is 5.76 Å². The van der Waals surface area contributed by atoms with Gasteiger partial charge in [0.05, 0.1) is 6.20 Å². The van der Waals surface area contributed by atoms with Crippen LogP contribution in [0.5, 0.6) is 0 Å². The van der Waals surface area contributed by atoms with Crippen LogP contribution in [0.3, 0.4) is 0 Å². The lowest BCUT2D eigenvalue weighted by Gasteiger charge is -2.23. The van der Waals surface area contributed by atoms with E-state index in [1.54, 1.807) is 6.20 Å². The third kappa shape index (κ3) is 2.33. The van der Waals surface area contributed by atoms with Crippen LogP contribution in [0.25, 0.3) is 0 Å². The maximum Gasteiger partial charge on any atom is 0.140 e. The largest absolute Gasteiger partial charge is 0.361 e. The normalized spacial score (nSPS) is 16.1. The van der Waals surface area contributed by atoms with Crippen LogP contribution in [0.2, 0.25) is 0 Å². The Kier molecular flexibility index (Phi) is 3.52. The van der Waals surface area contributed by atoms with Crippen LogP contribution in [-0.2, 0) is 0 Å². The fourth-order valence-corrected chi connectivity index (χ4v) is 1.92. The Labute approximate surface area is 80.3 Å². The van der Waals surface area contributed by atoms with E-state index in [0.717, 1.165) is 5.76 Å². The van der Waals surface area contributed by atoms with Gasteiger partial charge in [-0.05, 0) is 11.8 Å². The molecule has 74 valence electrons. The van der Waals surface area contributed by atoms with E-state index >= 15 is 0 Å². The maximum absolute atomic E-state index is 5.23. The van der Waals surface area contributed by atoms with Crippen LogP contribution in [0.1, 0.15) is 45.8 Å². The van der Waals surface area contributed by atoms with Gasteiger partial charge in [0.15, 0.2) is 0 Å². The van der Waals surface area contributed by atoms with E-state index in [1.807, 2.05) is 6.07 Å². The van der Waals surface area contributed by atoms with Gasteiger partial charge < -0.3 is 4.52 Å². The molecule has 0 bridgehead atoms. The second-order valence-electron chi connectivity index (χ2n) is 4.07. The summed E-state index contributed by atoms with van der Waals surface area (Å²) in [5.74, 6) is 2.81. The zero-order valence-corrected chi connectivity index (χ0v) is 8.95. The van der Waals surface area contributed by atoms with Crippen molar-refractivity contribution in [1.82, 2.24) is 5.16 Å². The van der Waals surface area contributed by atoms with Gasteiger partial charge in [0, 0.05) is 12.0 Å². The minimum atomic E-state index is 0.507. The predicted molar refractivity (Wildman–Crippen MR) is 53.5 cm³/mol. The first-order valence-corrected chi connectivity index (χ1v) is 5.07. The molecule has 1 aromatic rings. The molecule has 0 spiro atoms. The number of hydrogen-bond acceptors (Lipinski definition) is 2. The molecule has 0 aliphatic rings. The predicted octanol–water partition coefficient (Wildman–Crippen LogP) is 3.46. The molecule has 2 heteroatoms. The van der Waals surface area contributed by atoms with Crippen molar-refractivity contribution >= 4 is 0 Å². The summed E-state index contributed by atoms with van der Waals surface area (Å²) < 4.78 is 5.23. The van der Waals surface area contributed by atoms with Crippen LogP contribution < -0.4 is 0 Å². The highest BCUT2D eigenvalue weighted by Crippen LogP contribution is 2.33. The topological polar surface area (TPSA) is 26.0 Å². The maximum atomic E-state index is 5.23. The molecular weight excluding hydrogens is 162 g/mol. The van der Waals surface area contributed by atoms with Gasteiger partial charge >= 0.3 is 0 Å². The van der Waals surface area contributed by atoms with E-state index in [1.165, 1.54) is 6.42 Å². The van der Waals surface area contributed by atoms with Crippen molar-refractivity contribution < 1.29 is 4.52 Å². The lowest BCUT2D eigenvalue weighted by Crippen LogP contribution is -2.14. The Morgan fingerprint density at radius 1 is 1.38 bits per heavy atom. The van der Waals surface area contributed by atoms with Gasteiger partial charge in [-0.15, -0.1) is 0 Å². The number of rotatable bonds is 4. The van der Waals surface area contributed by atoms with Crippen molar-refractivity contribution in [3.8, 4) is 0 Å². The summed E-state index contributed by atoms with van der Waals surface area (Å²) in [5, 5.41) is 3.77. The molecule has 0 N–H and O–H groups in total. The van der Waals surface area contributed by atoms with Crippen LogP contribution in [0.15, 0.2) is 16.8 Å². The number of nitrogens with zero attached hydrogens (tertiary/aromatic N) is 1. The van der Waals surface area contributed by atoms with Crippen molar-refractivity contribution in [3.05, 3.63) is 18.0 Å². The molecule has 0 aliphatic carbocycles. The molecular formula is C11H19NO. The average molecular weight is 181 g/mol. The zero-order chi connectivity index (χ0) is 9.84. The number of hydrogen-bond donors (Lipinski definition) is 0. The molecule has 0 amide bonds. The van der Waals surface area contributed by atoms with E-state index in [9.17, 15) is 0 Å². The molecule has 0 saturated heterocycles. The summed E-state index contributed by atoms with van der Waals surface area (Å²) >= 11 is 0. The summed E-state index contributed by atoms with van der Waals surface area (Å²) in [4.78, 5) is 0. The molecule has 0 aromatic carbocycles. The first-order valence-electron chi connectivity index (χ1n) is 5.07. The van der Waals surface area contributed by atoms with Crippen molar-refractivity contribution in [3.63, 3.8) is 0 Å². The van der Waals surface area contributed by atoms with Crippen LogP contribution in [-0.4, -0.2) is 5.16 Å². The molecule has 1 aromatic heterocycles. The SMILES string of the molecule is CCC(C)C(c1ccno1)C(C)C. The summed E-state index contributed by atoms with van der Waals surface area (Å²) in [5.41, 5.74) is 0. The Bertz CT molecular complexity index is 228. The van der Waals surface area contributed by atoms with Crippen molar-refractivity contribution in [2.75, 3.05) is 0 Å². The number of aromatic nitrogens is 1. The molecule has 2 nitrogen and oxygen atoms in total. The zero-order valence-electron chi connectivity index (χ0n) is 8.95. The van der Waals surface area contributed by atoms with E-state index in [4.69, 9.17) is 4.52 Å². The highest BCUT2D eigenvalue weighted by molar-refractivity contribution is 5.04. The Hall–Kier alpha value is -0.790. The molecule has 0 fully saturated rings. The van der Waals surface area contributed by atoms with E-state index in [0.29, 0.717) is 17.8 Å². The highest BCUT2D eigenvalue weighted by atomic mass is 16.5. The molecule has 0 saturated carbocycles. The lowest BCUT2D eigenvalue weighted by molar-refractivity contribution is 0.271. The fraction of sp³-hybridized carbons (Fsp3) is 0.727. The van der Waals surface area contributed by atoms with Crippen LogP contribution in [0.4, 0.5) is 0 Å². The molecule has 1 heterocycles. The molecule has 2 unspecified atom stereocenters. The van der Waals surface area contributed by atoms with Gasteiger partial charge in [-0.2, -0.15) is 0 Å². The van der Waals surface area contributed by atoms with Crippen molar-refractivity contribution in [2.45, 2.75) is 40.0 Å². The summed E-state index contributed by atoms with van der Waals surface area (Å²) in [7, 11) is 0. The lowest BCUT2D eigenvalue weighted by atomic mass is 9.81. The van der Waals surface area contributed by atoms with Gasteiger partial charge in [0.2, 0.25) is 0 Å². The minimum absolute atomic E-state index is 0.507. The van der Waals surface area contributed by atoms with Crippen molar-refractivity contribution in [1.29, 1.82) is 0 Å². The molecule has 0 radical (unpaired) electrons. The first-order chi connectivity index (χ1) is 6.16. The minimum Gasteiger partial charge on any atom is -0.361 e. The quantitative estimate of drug-likeness (QED) is 0.711. The summed E-state index contributed by atoms with van der Waals surface area (Å²) in [6, 6.07) is 1.98. The Balaban J connectivity index is 2.80. The molecule has 13 heavy (non-hydrogen) atoms. The molecule has 1 rings (SSSR count). The molecule has 0 aliphatic heterocycles. The highest BCUT2D eigenvalue weighted by Gasteiger charge is 2.24. The second-order valence-corrected chi connectivity index (χ2v) is 4.07. The Morgan fingerprint density at radius 2 is 2.08 bits per heavy atom. The monoisotopic (exact) mass is 181 g/mol. The Morgan fingerprint density at radius 3 is 2.46 bits per heavy atom. The van der Waals surface area contributed by atoms with Crippen LogP contribution in [0, 0.1) is 11.8 Å². The summed E-state index contributed by atoms with van der Waals surface area (Å²) in [6.07, 6.45) is 2.91. The van der Waals surface area contributed by atoms with E-state index in [2.05, 4.69) is 32.9 Å². The van der Waals surface area contributed by atoms with Gasteiger partial charge in [-0.1, -0.05) is 39.3 Å². The third-order valence-corrected chi connectivity index (χ3v) is 2.76. The van der Waals surface area contributed by atoms with Gasteiger partial charge in [-0.25, -0.2) is 0 Å². The third-order valence-electron chi connectivity index (χ3n) is 2.76. The van der Waals surface area contributed by atoms with Crippen LogP contribution >= 0.6 is 0 Å². The van der Waals surface area contributed by atoms with Gasteiger partial charge in [0.25, 0.3) is 0 Å². The average Bonchev–Trinajstić information content (AvgIpc) is 2.56. The second kappa shape index (κ2) is 4.45. The standard InChI is InChI=1S/C11H19NO/c1-5-9(4)11(8(2)3)10-6-7-12-13-10/h6-9,11H,5H2,1-4H3. The van der Waals surface area contributed by atoms with Crippen molar-refractivity contribution in [2.24, 2.45) is 11.8 Å². The van der Waals surface area contributed by atoms with E-state index in [-0.39, 0.29) is 0 Å². The first kappa shape index (κ1) is 10.3. The van der Waals surface area contributed by atoms with Gasteiger partial charge in [-0.3, -0.25) is 0 Å². The summed E-state index contributed by atoms with van der Waals surface area (Å²) in [6.45, 7) is 8.96. The van der Waals surface area contributed by atoms with E-state index < -0.39 is 0 Å². The fourth-order valence-electron chi connectivity index (χ4n) is 1.92. The molecule has 2 atom stereocenters.